The number of rotatable bonds is 4. The minimum atomic E-state index is -3.08. The number of guanidine groups is 1. The highest BCUT2D eigenvalue weighted by molar-refractivity contribution is 14.0. The van der Waals surface area contributed by atoms with Crippen molar-refractivity contribution >= 4 is 51.4 Å². The Morgan fingerprint density at radius 3 is 2.72 bits per heavy atom. The van der Waals surface area contributed by atoms with E-state index in [1.165, 1.54) is 0 Å². The van der Waals surface area contributed by atoms with Gasteiger partial charge in [-0.15, -0.1) is 24.0 Å². The third-order valence-electron chi connectivity index (χ3n) is 5.00. The molecule has 10 heteroatoms. The molecule has 0 unspecified atom stereocenters. The Bertz CT molecular complexity index is 861. The van der Waals surface area contributed by atoms with Crippen LogP contribution in [0.15, 0.2) is 17.1 Å². The molecule has 1 N–H and O–H groups in total. The molecule has 0 bridgehead atoms. The van der Waals surface area contributed by atoms with E-state index in [0.29, 0.717) is 55.8 Å². The summed E-state index contributed by atoms with van der Waals surface area (Å²) in [6.45, 7) is 8.73. The highest BCUT2D eigenvalue weighted by Crippen LogP contribution is 2.38. The van der Waals surface area contributed by atoms with E-state index in [9.17, 15) is 8.42 Å². The lowest BCUT2D eigenvalue weighted by Gasteiger charge is -2.39. The first-order valence-corrected chi connectivity index (χ1v) is 11.6. The van der Waals surface area contributed by atoms with Crippen LogP contribution in [-0.4, -0.2) is 69.2 Å². The van der Waals surface area contributed by atoms with Gasteiger partial charge in [0, 0.05) is 26.2 Å². The fourth-order valence-electron chi connectivity index (χ4n) is 3.35. The van der Waals surface area contributed by atoms with Crippen LogP contribution < -0.4 is 14.8 Å². The molecule has 29 heavy (non-hydrogen) atoms. The van der Waals surface area contributed by atoms with Crippen LogP contribution in [0.4, 0.5) is 0 Å². The van der Waals surface area contributed by atoms with Gasteiger partial charge in [-0.05, 0) is 44.9 Å². The lowest BCUT2D eigenvalue weighted by atomic mass is 10.1. The number of benzene rings is 1. The Hall–Kier alpha value is -0.940. The number of hydrogen-bond acceptors (Lipinski definition) is 5. The summed E-state index contributed by atoms with van der Waals surface area (Å²) in [7, 11) is -3.08. The van der Waals surface area contributed by atoms with Crippen molar-refractivity contribution in [1.82, 2.24) is 10.2 Å². The van der Waals surface area contributed by atoms with E-state index >= 15 is 0 Å². The van der Waals surface area contributed by atoms with Crippen molar-refractivity contribution in [1.29, 1.82) is 0 Å². The Labute approximate surface area is 195 Å². The zero-order valence-corrected chi connectivity index (χ0v) is 20.9. The summed E-state index contributed by atoms with van der Waals surface area (Å²) >= 11 is 6.30. The Balaban J connectivity index is 0.00000300. The minimum Gasteiger partial charge on any atom is -0.486 e. The predicted octanol–water partition coefficient (Wildman–Crippen LogP) is 2.75. The normalized spacial score (nSPS) is 20.0. The number of fused-ring (bicyclic) bond motifs is 1. The van der Waals surface area contributed by atoms with Gasteiger partial charge in [-0.1, -0.05) is 11.6 Å². The van der Waals surface area contributed by atoms with E-state index < -0.39 is 14.6 Å². The lowest BCUT2D eigenvalue weighted by Crippen LogP contribution is -2.57. The number of sulfone groups is 1. The van der Waals surface area contributed by atoms with Gasteiger partial charge in [0.25, 0.3) is 0 Å². The maximum Gasteiger partial charge on any atom is 0.194 e. The van der Waals surface area contributed by atoms with Gasteiger partial charge in [0.05, 0.1) is 15.5 Å². The quantitative estimate of drug-likeness (QED) is 0.348. The van der Waals surface area contributed by atoms with E-state index in [4.69, 9.17) is 26.1 Å². The molecule has 1 saturated heterocycles. The van der Waals surface area contributed by atoms with Crippen molar-refractivity contribution in [3.8, 4) is 11.5 Å². The van der Waals surface area contributed by atoms with Crippen molar-refractivity contribution in [3.05, 3.63) is 22.7 Å². The third-order valence-corrected chi connectivity index (χ3v) is 7.81. The number of ether oxygens (including phenoxy) is 2. The van der Waals surface area contributed by atoms with Crippen LogP contribution in [0.25, 0.3) is 0 Å². The van der Waals surface area contributed by atoms with Crippen molar-refractivity contribution in [3.63, 3.8) is 0 Å². The minimum absolute atomic E-state index is 0. The summed E-state index contributed by atoms with van der Waals surface area (Å²) in [6, 6.07) is 3.83. The summed E-state index contributed by atoms with van der Waals surface area (Å²) in [5.41, 5.74) is 1.02. The van der Waals surface area contributed by atoms with Crippen molar-refractivity contribution in [2.24, 2.45) is 4.99 Å². The molecule has 2 aliphatic heterocycles. The second-order valence-electron chi connectivity index (χ2n) is 7.59. The predicted molar refractivity (Wildman–Crippen MR) is 127 cm³/mol. The second kappa shape index (κ2) is 9.91. The van der Waals surface area contributed by atoms with Crippen LogP contribution in [0.1, 0.15) is 26.3 Å². The number of halogens is 2. The standard InChI is InChI=1S/C19H28ClN3O4S.HI/c1-4-21-18(23-7-10-28(24,25)19(2,3)13-23)22-6-5-14-11-15(20)17-16(12-14)26-8-9-27-17;/h11-12H,4-10,13H2,1-3H3,(H,21,22);1H. The van der Waals surface area contributed by atoms with Gasteiger partial charge in [-0.25, -0.2) is 8.42 Å². The monoisotopic (exact) mass is 557 g/mol. The Morgan fingerprint density at radius 1 is 1.31 bits per heavy atom. The topological polar surface area (TPSA) is 80.2 Å². The number of aliphatic imine (C=N–C) groups is 1. The average Bonchev–Trinajstić information content (AvgIpc) is 2.63. The first-order valence-electron chi connectivity index (χ1n) is 9.57. The molecule has 3 rings (SSSR count). The first kappa shape index (κ1) is 24.3. The third kappa shape index (κ3) is 5.61. The number of nitrogens with one attached hydrogen (secondary N) is 1. The van der Waals surface area contributed by atoms with Crippen LogP contribution in [0.2, 0.25) is 5.02 Å². The molecular formula is C19H29ClIN3O4S. The maximum atomic E-state index is 12.3. The van der Waals surface area contributed by atoms with Crippen LogP contribution in [-0.2, 0) is 16.3 Å². The van der Waals surface area contributed by atoms with E-state index in [2.05, 4.69) is 5.32 Å². The van der Waals surface area contributed by atoms with Gasteiger partial charge in [-0.3, -0.25) is 4.99 Å². The maximum absolute atomic E-state index is 12.3. The zero-order chi connectivity index (χ0) is 20.4. The summed E-state index contributed by atoms with van der Waals surface area (Å²) in [4.78, 5) is 6.74. The summed E-state index contributed by atoms with van der Waals surface area (Å²) in [6.07, 6.45) is 0.695. The van der Waals surface area contributed by atoms with Gasteiger partial charge in [0.2, 0.25) is 0 Å². The Kier molecular flexibility index (Phi) is 8.32. The van der Waals surface area contributed by atoms with Gasteiger partial charge in [0.15, 0.2) is 27.3 Å². The van der Waals surface area contributed by atoms with E-state index in [1.807, 2.05) is 24.0 Å². The molecule has 1 fully saturated rings. The van der Waals surface area contributed by atoms with Gasteiger partial charge >= 0.3 is 0 Å². The fourth-order valence-corrected chi connectivity index (χ4v) is 5.00. The van der Waals surface area contributed by atoms with Crippen LogP contribution in [0.5, 0.6) is 11.5 Å². The summed E-state index contributed by atoms with van der Waals surface area (Å²) < 4.78 is 34.9. The fraction of sp³-hybridized carbons (Fsp3) is 0.632. The van der Waals surface area contributed by atoms with Gasteiger partial charge in [0.1, 0.15) is 13.2 Å². The van der Waals surface area contributed by atoms with E-state index in [1.54, 1.807) is 13.8 Å². The summed E-state index contributed by atoms with van der Waals surface area (Å²) in [5, 5.41) is 3.82. The van der Waals surface area contributed by atoms with Crippen LogP contribution in [0.3, 0.4) is 0 Å². The summed E-state index contributed by atoms with van der Waals surface area (Å²) in [5.74, 6) is 2.16. The molecule has 0 spiro atoms. The van der Waals surface area contributed by atoms with E-state index in [0.717, 1.165) is 18.1 Å². The molecule has 2 heterocycles. The molecule has 0 radical (unpaired) electrons. The molecule has 0 amide bonds. The largest absolute Gasteiger partial charge is 0.486 e. The number of nitrogens with zero attached hydrogens (tertiary/aromatic N) is 2. The molecule has 1 aromatic carbocycles. The molecule has 7 nitrogen and oxygen atoms in total. The number of hydrogen-bond donors (Lipinski definition) is 1. The van der Waals surface area contributed by atoms with Gasteiger partial charge < -0.3 is 19.7 Å². The highest BCUT2D eigenvalue weighted by Gasteiger charge is 2.40. The second-order valence-corrected chi connectivity index (χ2v) is 10.7. The van der Waals surface area contributed by atoms with Crippen LogP contribution in [0, 0.1) is 0 Å². The Morgan fingerprint density at radius 2 is 2.03 bits per heavy atom. The molecule has 1 aromatic rings. The zero-order valence-electron chi connectivity index (χ0n) is 17.0. The molecule has 0 aliphatic carbocycles. The molecule has 0 aromatic heterocycles. The molecule has 0 atom stereocenters. The van der Waals surface area contributed by atoms with Crippen molar-refractivity contribution in [2.45, 2.75) is 31.9 Å². The first-order chi connectivity index (χ1) is 13.2. The van der Waals surface area contributed by atoms with Gasteiger partial charge in [-0.2, -0.15) is 0 Å². The average molecular weight is 558 g/mol. The molecule has 2 aliphatic rings. The van der Waals surface area contributed by atoms with Crippen LogP contribution >= 0.6 is 35.6 Å². The highest BCUT2D eigenvalue weighted by atomic mass is 127. The van der Waals surface area contributed by atoms with Crippen molar-refractivity contribution < 1.29 is 17.9 Å². The molecular weight excluding hydrogens is 529 g/mol. The smallest absolute Gasteiger partial charge is 0.194 e. The van der Waals surface area contributed by atoms with Crippen molar-refractivity contribution in [2.75, 3.05) is 45.1 Å². The molecule has 164 valence electrons. The molecule has 0 saturated carbocycles. The lowest BCUT2D eigenvalue weighted by molar-refractivity contribution is 0.171. The SMILES string of the molecule is CCNC(=NCCc1cc(Cl)c2c(c1)OCCO2)N1CCS(=O)(=O)C(C)(C)C1.I. The van der Waals surface area contributed by atoms with E-state index in [-0.39, 0.29) is 29.7 Å².